The summed E-state index contributed by atoms with van der Waals surface area (Å²) in [6.07, 6.45) is -3.43. The molecule has 0 radical (unpaired) electrons. The number of fused-ring (bicyclic) bond motifs is 1. The van der Waals surface area contributed by atoms with Crippen LogP contribution in [0.5, 0.6) is 11.5 Å². The maximum atomic E-state index is 12.0. The highest BCUT2D eigenvalue weighted by molar-refractivity contribution is 9.10. The predicted octanol–water partition coefficient (Wildman–Crippen LogP) is 3.26. The largest absolute Gasteiger partial charge is 0.490 e. The van der Waals surface area contributed by atoms with Crippen molar-refractivity contribution in [1.82, 2.24) is 5.32 Å². The molecule has 1 heterocycles. The molecule has 1 aromatic rings. The van der Waals surface area contributed by atoms with Crippen LogP contribution in [-0.4, -0.2) is 25.9 Å². The minimum Gasteiger partial charge on any atom is -0.490 e. The monoisotopic (exact) mass is 339 g/mol. The van der Waals surface area contributed by atoms with Gasteiger partial charge >= 0.3 is 6.18 Å². The van der Waals surface area contributed by atoms with E-state index in [-0.39, 0.29) is 6.54 Å². The topological polar surface area (TPSA) is 30.5 Å². The summed E-state index contributed by atoms with van der Waals surface area (Å²) in [6.45, 7) is 0.212. The second-order valence-electron chi connectivity index (χ2n) is 4.17. The van der Waals surface area contributed by atoms with Gasteiger partial charge in [-0.2, -0.15) is 13.2 Å². The van der Waals surface area contributed by atoms with Crippen molar-refractivity contribution in [3.05, 3.63) is 22.2 Å². The van der Waals surface area contributed by atoms with E-state index in [1.807, 2.05) is 0 Å². The van der Waals surface area contributed by atoms with Gasteiger partial charge in [0.2, 0.25) is 0 Å². The van der Waals surface area contributed by atoms with Crippen LogP contribution >= 0.6 is 15.9 Å². The molecular formula is C12H13BrF3NO2. The van der Waals surface area contributed by atoms with Crippen molar-refractivity contribution in [3.63, 3.8) is 0 Å². The Bertz CT molecular complexity index is 451. The van der Waals surface area contributed by atoms with Gasteiger partial charge in [0.1, 0.15) is 0 Å². The van der Waals surface area contributed by atoms with Gasteiger partial charge in [-0.15, -0.1) is 0 Å². The van der Waals surface area contributed by atoms with Crippen LogP contribution in [0.1, 0.15) is 12.0 Å². The van der Waals surface area contributed by atoms with E-state index in [9.17, 15) is 13.2 Å². The van der Waals surface area contributed by atoms with Crippen molar-refractivity contribution in [2.24, 2.45) is 0 Å². The SMILES string of the molecule is FC(F)(F)CNCc1cc(Br)c2c(c1)OCCCO2. The quantitative estimate of drug-likeness (QED) is 0.916. The molecule has 1 aliphatic rings. The second kappa shape index (κ2) is 6.00. The smallest absolute Gasteiger partial charge is 0.401 e. The fourth-order valence-corrected chi connectivity index (χ4v) is 2.34. The number of halogens is 4. The summed E-state index contributed by atoms with van der Waals surface area (Å²) < 4.78 is 47.9. The maximum Gasteiger partial charge on any atom is 0.401 e. The molecule has 0 saturated carbocycles. The van der Waals surface area contributed by atoms with Gasteiger partial charge in [-0.3, -0.25) is 0 Å². The third-order valence-electron chi connectivity index (χ3n) is 2.52. The van der Waals surface area contributed by atoms with Gasteiger partial charge in [0, 0.05) is 13.0 Å². The van der Waals surface area contributed by atoms with Gasteiger partial charge in [0.05, 0.1) is 24.2 Å². The molecule has 0 spiro atoms. The minimum absolute atomic E-state index is 0.120. The van der Waals surface area contributed by atoms with Crippen LogP contribution in [0, 0.1) is 0 Å². The number of hydrogen-bond acceptors (Lipinski definition) is 3. The van der Waals surface area contributed by atoms with Gasteiger partial charge in [0.25, 0.3) is 0 Å². The van der Waals surface area contributed by atoms with Crippen molar-refractivity contribution < 1.29 is 22.6 Å². The number of rotatable bonds is 3. The van der Waals surface area contributed by atoms with Crippen molar-refractivity contribution in [1.29, 1.82) is 0 Å². The maximum absolute atomic E-state index is 12.0. The van der Waals surface area contributed by atoms with E-state index in [0.717, 1.165) is 6.42 Å². The molecule has 0 fully saturated rings. The summed E-state index contributed by atoms with van der Waals surface area (Å²) in [6, 6.07) is 3.44. The van der Waals surface area contributed by atoms with Crippen LogP contribution in [0.25, 0.3) is 0 Å². The summed E-state index contributed by atoms with van der Waals surface area (Å²) in [5.41, 5.74) is 0.709. The summed E-state index contributed by atoms with van der Waals surface area (Å²) in [5.74, 6) is 1.17. The fraction of sp³-hybridized carbons (Fsp3) is 0.500. The molecule has 19 heavy (non-hydrogen) atoms. The van der Waals surface area contributed by atoms with Crippen LogP contribution in [0.15, 0.2) is 16.6 Å². The Hall–Kier alpha value is -0.950. The number of benzene rings is 1. The average Bonchev–Trinajstić information content (AvgIpc) is 2.52. The highest BCUT2D eigenvalue weighted by Gasteiger charge is 2.26. The Morgan fingerprint density at radius 3 is 2.68 bits per heavy atom. The minimum atomic E-state index is -4.21. The van der Waals surface area contributed by atoms with E-state index >= 15 is 0 Å². The normalized spacial score (nSPS) is 15.2. The number of hydrogen-bond donors (Lipinski definition) is 1. The molecule has 0 aliphatic carbocycles. The molecule has 0 saturated heterocycles. The van der Waals surface area contributed by atoms with E-state index in [1.54, 1.807) is 12.1 Å². The lowest BCUT2D eigenvalue weighted by atomic mass is 10.2. The Labute approximate surface area is 117 Å². The van der Waals surface area contributed by atoms with Crippen molar-refractivity contribution >= 4 is 15.9 Å². The van der Waals surface area contributed by atoms with Crippen LogP contribution < -0.4 is 14.8 Å². The van der Waals surface area contributed by atoms with E-state index in [4.69, 9.17) is 9.47 Å². The predicted molar refractivity (Wildman–Crippen MR) is 67.5 cm³/mol. The highest BCUT2D eigenvalue weighted by Crippen LogP contribution is 2.38. The van der Waals surface area contributed by atoms with Gasteiger partial charge in [-0.1, -0.05) is 0 Å². The molecule has 0 aromatic heterocycles. The van der Waals surface area contributed by atoms with Gasteiger partial charge < -0.3 is 14.8 Å². The van der Waals surface area contributed by atoms with E-state index in [0.29, 0.717) is 34.7 Å². The standard InChI is InChI=1S/C12H13BrF3NO2/c13-9-4-8(6-17-7-12(14,15)16)5-10-11(9)19-3-1-2-18-10/h4-5,17H,1-3,6-7H2. The van der Waals surface area contributed by atoms with Crippen LogP contribution in [-0.2, 0) is 6.54 Å². The molecular weight excluding hydrogens is 327 g/mol. The first kappa shape index (κ1) is 14.5. The van der Waals surface area contributed by atoms with Gasteiger partial charge in [-0.05, 0) is 33.6 Å². The summed E-state index contributed by atoms with van der Waals surface area (Å²) in [5, 5.41) is 2.35. The Morgan fingerprint density at radius 1 is 1.21 bits per heavy atom. The Balaban J connectivity index is 2.06. The number of alkyl halides is 3. The Morgan fingerprint density at radius 2 is 1.95 bits per heavy atom. The third-order valence-corrected chi connectivity index (χ3v) is 3.11. The van der Waals surface area contributed by atoms with Crippen LogP contribution in [0.4, 0.5) is 13.2 Å². The zero-order chi connectivity index (χ0) is 13.9. The first-order valence-electron chi connectivity index (χ1n) is 5.81. The summed E-state index contributed by atoms with van der Waals surface area (Å²) in [7, 11) is 0. The molecule has 1 aromatic carbocycles. The molecule has 7 heteroatoms. The average molecular weight is 340 g/mol. The third kappa shape index (κ3) is 4.28. The van der Waals surface area contributed by atoms with Crippen molar-refractivity contribution in [2.45, 2.75) is 19.1 Å². The van der Waals surface area contributed by atoms with Crippen molar-refractivity contribution in [2.75, 3.05) is 19.8 Å². The lowest BCUT2D eigenvalue weighted by molar-refractivity contribution is -0.125. The molecule has 0 atom stereocenters. The summed E-state index contributed by atoms with van der Waals surface area (Å²) >= 11 is 3.34. The zero-order valence-electron chi connectivity index (χ0n) is 10.0. The molecule has 1 aliphatic heterocycles. The molecule has 0 unspecified atom stereocenters. The van der Waals surface area contributed by atoms with Gasteiger partial charge in [-0.25, -0.2) is 0 Å². The molecule has 0 amide bonds. The summed E-state index contributed by atoms with van der Waals surface area (Å²) in [4.78, 5) is 0. The molecule has 106 valence electrons. The van der Waals surface area contributed by atoms with E-state index in [1.165, 1.54) is 0 Å². The van der Waals surface area contributed by atoms with Crippen LogP contribution in [0.2, 0.25) is 0 Å². The van der Waals surface area contributed by atoms with Gasteiger partial charge in [0.15, 0.2) is 11.5 Å². The fourth-order valence-electron chi connectivity index (χ4n) is 1.73. The lowest BCUT2D eigenvalue weighted by Gasteiger charge is -2.13. The van der Waals surface area contributed by atoms with Crippen LogP contribution in [0.3, 0.4) is 0 Å². The molecule has 0 bridgehead atoms. The highest BCUT2D eigenvalue weighted by atomic mass is 79.9. The first-order valence-corrected chi connectivity index (χ1v) is 6.60. The lowest BCUT2D eigenvalue weighted by Crippen LogP contribution is -2.28. The molecule has 2 rings (SSSR count). The zero-order valence-corrected chi connectivity index (χ0v) is 11.6. The number of nitrogens with one attached hydrogen (secondary N) is 1. The van der Waals surface area contributed by atoms with E-state index in [2.05, 4.69) is 21.2 Å². The van der Waals surface area contributed by atoms with E-state index < -0.39 is 12.7 Å². The second-order valence-corrected chi connectivity index (χ2v) is 5.03. The molecule has 3 nitrogen and oxygen atoms in total. The Kier molecular flexibility index (Phi) is 4.57. The molecule has 1 N–H and O–H groups in total. The van der Waals surface area contributed by atoms with Crippen molar-refractivity contribution in [3.8, 4) is 11.5 Å². The first-order chi connectivity index (χ1) is 8.96. The number of ether oxygens (including phenoxy) is 2.